The van der Waals surface area contributed by atoms with Gasteiger partial charge in [0.2, 0.25) is 11.8 Å². The van der Waals surface area contributed by atoms with Crippen molar-refractivity contribution in [3.05, 3.63) is 12.7 Å². The Morgan fingerprint density at radius 2 is 1.86 bits per heavy atom. The first-order valence-electron chi connectivity index (χ1n) is 7.39. The lowest BCUT2D eigenvalue weighted by atomic mass is 9.87. The molecule has 0 spiro atoms. The molecule has 2 amide bonds. The Balaban J connectivity index is 4.81. The first-order valence-corrected chi connectivity index (χ1v) is 7.39. The summed E-state index contributed by atoms with van der Waals surface area (Å²) in [5.41, 5.74) is -0.228. The number of amides is 2. The molecule has 6 nitrogen and oxygen atoms in total. The highest BCUT2D eigenvalue weighted by atomic mass is 16.4. The van der Waals surface area contributed by atoms with Gasteiger partial charge in [0.25, 0.3) is 0 Å². The molecule has 0 fully saturated rings. The van der Waals surface area contributed by atoms with Crippen molar-refractivity contribution in [1.29, 1.82) is 0 Å². The molecule has 2 atom stereocenters. The van der Waals surface area contributed by atoms with Gasteiger partial charge >= 0.3 is 5.97 Å². The molecule has 2 N–H and O–H groups in total. The smallest absolute Gasteiger partial charge is 0.326 e. The number of allylic oxidation sites excluding steroid dienone is 1. The molecular weight excluding hydrogens is 284 g/mol. The van der Waals surface area contributed by atoms with Gasteiger partial charge in [0.1, 0.15) is 12.1 Å². The van der Waals surface area contributed by atoms with Gasteiger partial charge in [0.15, 0.2) is 0 Å². The fraction of sp³-hybridized carbons (Fsp3) is 0.688. The maximum atomic E-state index is 12.3. The zero-order chi connectivity index (χ0) is 17.5. The van der Waals surface area contributed by atoms with Gasteiger partial charge in [-0.3, -0.25) is 9.59 Å². The minimum Gasteiger partial charge on any atom is -0.480 e. The van der Waals surface area contributed by atoms with Crippen molar-refractivity contribution in [3.63, 3.8) is 0 Å². The normalized spacial score (nSPS) is 13.9. The number of hydrogen-bond donors (Lipinski definition) is 2. The van der Waals surface area contributed by atoms with E-state index >= 15 is 0 Å². The summed E-state index contributed by atoms with van der Waals surface area (Å²) in [5, 5.41) is 11.9. The molecule has 0 unspecified atom stereocenters. The number of hydrogen-bond acceptors (Lipinski definition) is 3. The quantitative estimate of drug-likeness (QED) is 0.669. The number of carboxylic acids is 1. The van der Waals surface area contributed by atoms with Gasteiger partial charge < -0.3 is 15.3 Å². The van der Waals surface area contributed by atoms with E-state index in [2.05, 4.69) is 11.9 Å². The maximum Gasteiger partial charge on any atom is 0.326 e. The van der Waals surface area contributed by atoms with Crippen molar-refractivity contribution in [2.45, 2.75) is 59.0 Å². The summed E-state index contributed by atoms with van der Waals surface area (Å²) >= 11 is 0. The molecule has 0 bridgehead atoms. The van der Waals surface area contributed by atoms with Crippen LogP contribution in [0.25, 0.3) is 0 Å². The van der Waals surface area contributed by atoms with Crippen molar-refractivity contribution in [3.8, 4) is 0 Å². The largest absolute Gasteiger partial charge is 0.480 e. The molecule has 0 saturated carbocycles. The summed E-state index contributed by atoms with van der Waals surface area (Å²) in [5.74, 6) is -1.71. The van der Waals surface area contributed by atoms with Crippen LogP contribution in [-0.4, -0.2) is 46.9 Å². The number of nitrogens with one attached hydrogen (secondary N) is 1. The molecule has 0 saturated heterocycles. The minimum absolute atomic E-state index is 0.228. The molecule has 6 heteroatoms. The van der Waals surface area contributed by atoms with Crippen molar-refractivity contribution in [2.75, 3.05) is 7.05 Å². The number of carbonyl (C=O) groups is 3. The van der Waals surface area contributed by atoms with Crippen LogP contribution in [0, 0.1) is 5.41 Å². The fourth-order valence-electron chi connectivity index (χ4n) is 2.04. The van der Waals surface area contributed by atoms with E-state index < -0.39 is 24.0 Å². The Hall–Kier alpha value is -1.85. The van der Waals surface area contributed by atoms with E-state index in [9.17, 15) is 19.5 Å². The average Bonchev–Trinajstić information content (AvgIpc) is 2.39. The zero-order valence-electron chi connectivity index (χ0n) is 14.2. The molecule has 0 aliphatic heterocycles. The first-order chi connectivity index (χ1) is 9.99. The van der Waals surface area contributed by atoms with Crippen LogP contribution in [-0.2, 0) is 14.4 Å². The highest BCUT2D eigenvalue weighted by Gasteiger charge is 2.32. The predicted molar refractivity (Wildman–Crippen MR) is 85.3 cm³/mol. The van der Waals surface area contributed by atoms with Crippen molar-refractivity contribution < 1.29 is 19.5 Å². The van der Waals surface area contributed by atoms with Crippen LogP contribution >= 0.6 is 0 Å². The molecule has 0 aliphatic rings. The Morgan fingerprint density at radius 1 is 1.32 bits per heavy atom. The average molecular weight is 312 g/mol. The summed E-state index contributed by atoms with van der Waals surface area (Å²) in [6.07, 6.45) is 2.75. The van der Waals surface area contributed by atoms with Gasteiger partial charge in [0.05, 0.1) is 0 Å². The van der Waals surface area contributed by atoms with Crippen LogP contribution in [0.4, 0.5) is 0 Å². The summed E-state index contributed by atoms with van der Waals surface area (Å²) in [4.78, 5) is 36.6. The van der Waals surface area contributed by atoms with Crippen molar-refractivity contribution >= 4 is 17.8 Å². The summed E-state index contributed by atoms with van der Waals surface area (Å²) in [6, 6.07) is -1.68. The van der Waals surface area contributed by atoms with Crippen LogP contribution in [0.1, 0.15) is 47.0 Å². The fourth-order valence-corrected chi connectivity index (χ4v) is 2.04. The van der Waals surface area contributed by atoms with Crippen LogP contribution < -0.4 is 5.32 Å². The molecule has 126 valence electrons. The first kappa shape index (κ1) is 20.1. The number of aliphatic carboxylic acids is 1. The summed E-state index contributed by atoms with van der Waals surface area (Å²) in [6.45, 7) is 10.8. The maximum absolute atomic E-state index is 12.3. The SMILES string of the molecule is C=CCCC(=O)N[C@@H](C)C(=O)N(C)[C@@H](CC(C)(C)C)C(=O)O. The molecule has 0 aromatic heterocycles. The van der Waals surface area contributed by atoms with Gasteiger partial charge in [-0.15, -0.1) is 6.58 Å². The molecule has 0 heterocycles. The second kappa shape index (κ2) is 8.56. The molecule has 0 aromatic carbocycles. The van der Waals surface area contributed by atoms with E-state index in [0.717, 1.165) is 0 Å². The van der Waals surface area contributed by atoms with E-state index in [4.69, 9.17) is 0 Å². The number of carboxylic acid groups (broad SMARTS) is 1. The lowest BCUT2D eigenvalue weighted by molar-refractivity contribution is -0.151. The molecule has 0 rings (SSSR count). The highest BCUT2D eigenvalue weighted by molar-refractivity contribution is 5.90. The Kier molecular flexibility index (Phi) is 7.84. The molecule has 0 aliphatic carbocycles. The third kappa shape index (κ3) is 7.24. The van der Waals surface area contributed by atoms with E-state index in [1.807, 2.05) is 20.8 Å². The number of nitrogens with zero attached hydrogens (tertiary/aromatic N) is 1. The zero-order valence-corrected chi connectivity index (χ0v) is 14.2. The third-order valence-corrected chi connectivity index (χ3v) is 3.23. The summed E-state index contributed by atoms with van der Waals surface area (Å²) in [7, 11) is 1.46. The lowest BCUT2D eigenvalue weighted by Gasteiger charge is -2.32. The molecule has 0 radical (unpaired) electrons. The van der Waals surface area contributed by atoms with Gasteiger partial charge in [-0.05, 0) is 25.2 Å². The second-order valence-corrected chi connectivity index (χ2v) is 6.68. The number of rotatable bonds is 8. The highest BCUT2D eigenvalue weighted by Crippen LogP contribution is 2.23. The molecule has 22 heavy (non-hydrogen) atoms. The Labute approximate surface area is 132 Å². The van der Waals surface area contributed by atoms with Crippen molar-refractivity contribution in [2.24, 2.45) is 5.41 Å². The lowest BCUT2D eigenvalue weighted by Crippen LogP contribution is -2.52. The monoisotopic (exact) mass is 312 g/mol. The van der Waals surface area contributed by atoms with Crippen LogP contribution in [0.2, 0.25) is 0 Å². The van der Waals surface area contributed by atoms with Gasteiger partial charge in [0, 0.05) is 13.5 Å². The van der Waals surface area contributed by atoms with Crippen LogP contribution in [0.5, 0.6) is 0 Å². The Bertz CT molecular complexity index is 426. The molecular formula is C16H28N2O4. The van der Waals surface area contributed by atoms with Crippen LogP contribution in [0.3, 0.4) is 0 Å². The Morgan fingerprint density at radius 3 is 2.27 bits per heavy atom. The van der Waals surface area contributed by atoms with Gasteiger partial charge in [-0.2, -0.15) is 0 Å². The van der Waals surface area contributed by atoms with Crippen molar-refractivity contribution in [1.82, 2.24) is 10.2 Å². The third-order valence-electron chi connectivity index (χ3n) is 3.23. The number of likely N-dealkylation sites (N-methyl/N-ethyl adjacent to an activating group) is 1. The van der Waals surface area contributed by atoms with Gasteiger partial charge in [-0.1, -0.05) is 26.8 Å². The predicted octanol–water partition coefficient (Wildman–Crippen LogP) is 1.81. The topological polar surface area (TPSA) is 86.7 Å². The van der Waals surface area contributed by atoms with E-state index in [-0.39, 0.29) is 17.7 Å². The summed E-state index contributed by atoms with van der Waals surface area (Å²) < 4.78 is 0. The van der Waals surface area contributed by atoms with E-state index in [1.165, 1.54) is 11.9 Å². The molecule has 0 aromatic rings. The second-order valence-electron chi connectivity index (χ2n) is 6.68. The number of carbonyl (C=O) groups excluding carboxylic acids is 2. The van der Waals surface area contributed by atoms with Crippen LogP contribution in [0.15, 0.2) is 12.7 Å². The van der Waals surface area contributed by atoms with Gasteiger partial charge in [-0.25, -0.2) is 4.79 Å². The van der Waals surface area contributed by atoms with E-state index in [0.29, 0.717) is 12.8 Å². The standard InChI is InChI=1S/C16H28N2O4/c1-7-8-9-13(19)17-11(2)14(20)18(6)12(15(21)22)10-16(3,4)5/h7,11-12H,1,8-10H2,2-6H3,(H,17,19)(H,21,22)/t11-,12-/m0/s1. The minimum atomic E-state index is -1.05. The van der Waals surface area contributed by atoms with E-state index in [1.54, 1.807) is 13.0 Å².